The lowest BCUT2D eigenvalue weighted by Crippen LogP contribution is -2.26. The molecule has 1 saturated carbocycles. The van der Waals surface area contributed by atoms with Gasteiger partial charge in [0.25, 0.3) is 0 Å². The van der Waals surface area contributed by atoms with Gasteiger partial charge in [-0.3, -0.25) is 9.69 Å². The van der Waals surface area contributed by atoms with Gasteiger partial charge >= 0.3 is 0 Å². The number of pyridine rings is 1. The fourth-order valence-corrected chi connectivity index (χ4v) is 2.66. The highest BCUT2D eigenvalue weighted by molar-refractivity contribution is 5.72. The van der Waals surface area contributed by atoms with Crippen LogP contribution in [0.5, 0.6) is 0 Å². The number of carbonyl (C=O) groups is 1. The van der Waals surface area contributed by atoms with Crippen molar-refractivity contribution >= 4 is 12.2 Å². The maximum Gasteiger partial charge on any atom is 0.215 e. The van der Waals surface area contributed by atoms with Gasteiger partial charge in [0.15, 0.2) is 0 Å². The smallest absolute Gasteiger partial charge is 0.215 e. The van der Waals surface area contributed by atoms with Crippen LogP contribution in [0.3, 0.4) is 0 Å². The quantitative estimate of drug-likeness (QED) is 0.762. The zero-order valence-electron chi connectivity index (χ0n) is 11.1. The van der Waals surface area contributed by atoms with Gasteiger partial charge in [0.1, 0.15) is 17.6 Å². The van der Waals surface area contributed by atoms with Gasteiger partial charge in [-0.15, -0.1) is 0 Å². The number of rotatable bonds is 5. The Morgan fingerprint density at radius 1 is 1.37 bits per heavy atom. The first-order valence-electron chi connectivity index (χ1n) is 6.92. The van der Waals surface area contributed by atoms with Crippen LogP contribution in [0.1, 0.15) is 44.2 Å². The molecular weight excluding hydrogens is 238 g/mol. The minimum Gasteiger partial charge on any atom is -0.299 e. The number of nitrogens with zero attached hydrogens (tertiary/aromatic N) is 3. The zero-order chi connectivity index (χ0) is 13.5. The van der Waals surface area contributed by atoms with Crippen molar-refractivity contribution in [2.45, 2.75) is 38.5 Å². The molecule has 0 unspecified atom stereocenters. The third-order valence-corrected chi connectivity index (χ3v) is 3.77. The normalized spacial score (nSPS) is 15.7. The van der Waals surface area contributed by atoms with E-state index in [9.17, 15) is 4.79 Å². The molecule has 0 aliphatic heterocycles. The van der Waals surface area contributed by atoms with E-state index in [0.29, 0.717) is 18.1 Å². The molecule has 1 heterocycles. The van der Waals surface area contributed by atoms with E-state index in [1.54, 1.807) is 23.1 Å². The fourth-order valence-electron chi connectivity index (χ4n) is 2.66. The van der Waals surface area contributed by atoms with Gasteiger partial charge in [-0.2, -0.15) is 5.26 Å². The van der Waals surface area contributed by atoms with E-state index in [4.69, 9.17) is 5.26 Å². The summed E-state index contributed by atoms with van der Waals surface area (Å²) in [6.07, 6.45) is 8.36. The summed E-state index contributed by atoms with van der Waals surface area (Å²) < 4.78 is 0. The molecule has 1 aliphatic rings. The number of amides is 1. The summed E-state index contributed by atoms with van der Waals surface area (Å²) >= 11 is 0. The first kappa shape index (κ1) is 13.5. The van der Waals surface area contributed by atoms with Gasteiger partial charge in [-0.1, -0.05) is 38.2 Å². The third kappa shape index (κ3) is 3.78. The Morgan fingerprint density at radius 3 is 2.84 bits per heavy atom. The Hall–Kier alpha value is -1.89. The summed E-state index contributed by atoms with van der Waals surface area (Å²) in [5.41, 5.74) is 0.349. The minimum absolute atomic E-state index is 0.349. The number of anilines is 1. The molecular formula is C15H19N3O. The molecule has 100 valence electrons. The standard InChI is InChI=1S/C15H19N3O/c16-11-14-7-4-8-15(17-14)18(12-19)10-9-13-5-2-1-3-6-13/h4,7-8,12-13H,1-3,5-6,9-10H2. The van der Waals surface area contributed by atoms with Crippen LogP contribution in [0.25, 0.3) is 0 Å². The molecule has 1 aromatic rings. The van der Waals surface area contributed by atoms with Crippen molar-refractivity contribution < 1.29 is 4.79 Å². The zero-order valence-corrected chi connectivity index (χ0v) is 11.1. The van der Waals surface area contributed by atoms with E-state index >= 15 is 0 Å². The molecule has 1 amide bonds. The van der Waals surface area contributed by atoms with Gasteiger partial charge in [0.2, 0.25) is 6.41 Å². The molecule has 2 rings (SSSR count). The van der Waals surface area contributed by atoms with E-state index in [0.717, 1.165) is 18.7 Å². The summed E-state index contributed by atoms with van der Waals surface area (Å²) in [6, 6.07) is 7.18. The maximum atomic E-state index is 11.2. The average Bonchev–Trinajstić information content (AvgIpc) is 2.49. The summed E-state index contributed by atoms with van der Waals surface area (Å²) in [5, 5.41) is 8.83. The molecule has 0 atom stereocenters. The molecule has 0 aromatic carbocycles. The molecule has 1 aromatic heterocycles. The molecule has 0 N–H and O–H groups in total. The highest BCUT2D eigenvalue weighted by atomic mass is 16.1. The number of hydrogen-bond donors (Lipinski definition) is 0. The van der Waals surface area contributed by atoms with Gasteiger partial charge in [0.05, 0.1) is 0 Å². The number of hydrogen-bond acceptors (Lipinski definition) is 3. The van der Waals surface area contributed by atoms with Crippen LogP contribution in [0.2, 0.25) is 0 Å². The second-order valence-electron chi connectivity index (χ2n) is 5.08. The van der Waals surface area contributed by atoms with Crippen molar-refractivity contribution in [2.24, 2.45) is 5.92 Å². The Kier molecular flexibility index (Phi) is 4.91. The second-order valence-corrected chi connectivity index (χ2v) is 5.08. The summed E-state index contributed by atoms with van der Waals surface area (Å²) in [6.45, 7) is 0.691. The lowest BCUT2D eigenvalue weighted by atomic mass is 9.87. The predicted octanol–water partition coefficient (Wildman–Crippen LogP) is 2.89. The van der Waals surface area contributed by atoms with Crippen molar-refractivity contribution in [1.29, 1.82) is 5.26 Å². The topological polar surface area (TPSA) is 57.0 Å². The minimum atomic E-state index is 0.349. The Balaban J connectivity index is 1.95. The van der Waals surface area contributed by atoms with E-state index in [2.05, 4.69) is 4.98 Å². The van der Waals surface area contributed by atoms with Crippen LogP contribution in [-0.2, 0) is 4.79 Å². The molecule has 1 fully saturated rings. The molecule has 0 radical (unpaired) electrons. The van der Waals surface area contributed by atoms with Crippen molar-refractivity contribution in [1.82, 2.24) is 4.98 Å². The number of nitriles is 1. The van der Waals surface area contributed by atoms with Crippen molar-refractivity contribution in [3.05, 3.63) is 23.9 Å². The first-order chi connectivity index (χ1) is 9.33. The van der Waals surface area contributed by atoms with Crippen molar-refractivity contribution in [2.75, 3.05) is 11.4 Å². The van der Waals surface area contributed by atoms with Crippen LogP contribution < -0.4 is 4.90 Å². The lowest BCUT2D eigenvalue weighted by Gasteiger charge is -2.24. The Bertz CT molecular complexity index is 461. The van der Waals surface area contributed by atoms with Crippen molar-refractivity contribution in [3.63, 3.8) is 0 Å². The SMILES string of the molecule is N#Cc1cccc(N(C=O)CCC2CCCCC2)n1. The summed E-state index contributed by atoms with van der Waals surface area (Å²) in [5.74, 6) is 1.31. The largest absolute Gasteiger partial charge is 0.299 e. The first-order valence-corrected chi connectivity index (χ1v) is 6.92. The highest BCUT2D eigenvalue weighted by Crippen LogP contribution is 2.26. The molecule has 1 aliphatic carbocycles. The van der Waals surface area contributed by atoms with E-state index in [1.165, 1.54) is 32.1 Å². The molecule has 0 bridgehead atoms. The van der Waals surface area contributed by atoms with Gasteiger partial charge in [-0.05, 0) is 24.5 Å². The van der Waals surface area contributed by atoms with Crippen LogP contribution in [-0.4, -0.2) is 17.9 Å². The molecule has 0 spiro atoms. The monoisotopic (exact) mass is 257 g/mol. The number of carbonyl (C=O) groups excluding carboxylic acids is 1. The summed E-state index contributed by atoms with van der Waals surface area (Å²) in [4.78, 5) is 16.9. The van der Waals surface area contributed by atoms with E-state index in [1.807, 2.05) is 6.07 Å². The Labute approximate surface area is 114 Å². The van der Waals surface area contributed by atoms with Gasteiger partial charge in [0, 0.05) is 6.54 Å². The van der Waals surface area contributed by atoms with Gasteiger partial charge < -0.3 is 0 Å². The molecule has 0 saturated heterocycles. The molecule has 4 heteroatoms. The third-order valence-electron chi connectivity index (χ3n) is 3.77. The van der Waals surface area contributed by atoms with Crippen LogP contribution in [0.15, 0.2) is 18.2 Å². The molecule has 19 heavy (non-hydrogen) atoms. The van der Waals surface area contributed by atoms with E-state index < -0.39 is 0 Å². The van der Waals surface area contributed by atoms with Crippen LogP contribution >= 0.6 is 0 Å². The molecule has 4 nitrogen and oxygen atoms in total. The lowest BCUT2D eigenvalue weighted by molar-refractivity contribution is -0.107. The summed E-state index contributed by atoms with van der Waals surface area (Å²) in [7, 11) is 0. The Morgan fingerprint density at radius 2 is 2.16 bits per heavy atom. The van der Waals surface area contributed by atoms with Gasteiger partial charge in [-0.25, -0.2) is 4.98 Å². The predicted molar refractivity (Wildman–Crippen MR) is 73.6 cm³/mol. The van der Waals surface area contributed by atoms with E-state index in [-0.39, 0.29) is 0 Å². The van der Waals surface area contributed by atoms with Crippen LogP contribution in [0.4, 0.5) is 5.82 Å². The highest BCUT2D eigenvalue weighted by Gasteiger charge is 2.15. The fraction of sp³-hybridized carbons (Fsp3) is 0.533. The number of aromatic nitrogens is 1. The van der Waals surface area contributed by atoms with Crippen LogP contribution in [0, 0.1) is 17.2 Å². The average molecular weight is 257 g/mol. The maximum absolute atomic E-state index is 11.2. The second kappa shape index (κ2) is 6.89. The van der Waals surface area contributed by atoms with Crippen molar-refractivity contribution in [3.8, 4) is 6.07 Å².